The molecule has 0 aliphatic carbocycles. The minimum Gasteiger partial charge on any atom is -0.416 e. The normalized spacial score (nSPS) is 9.95. The summed E-state index contributed by atoms with van der Waals surface area (Å²) >= 11 is 2.01. The first-order valence-electron chi connectivity index (χ1n) is 5.29. The van der Waals surface area contributed by atoms with Gasteiger partial charge in [-0.1, -0.05) is 24.3 Å². The zero-order valence-electron chi connectivity index (χ0n) is 9.58. The van der Waals surface area contributed by atoms with E-state index in [9.17, 15) is 14.9 Å². The first-order chi connectivity index (χ1) is 9.09. The van der Waals surface area contributed by atoms with Crippen LogP contribution in [0, 0.1) is 13.7 Å². The van der Waals surface area contributed by atoms with Gasteiger partial charge in [-0.05, 0) is 40.8 Å². The molecule has 0 bridgehead atoms. The molecule has 0 radical (unpaired) electrons. The van der Waals surface area contributed by atoms with Gasteiger partial charge in [0.05, 0.1) is 10.5 Å². The molecule has 0 N–H and O–H groups in total. The number of nitro benzene ring substituents is 1. The number of halogens is 1. The Morgan fingerprint density at radius 2 is 1.74 bits per heavy atom. The van der Waals surface area contributed by atoms with E-state index in [1.807, 2.05) is 22.6 Å². The van der Waals surface area contributed by atoms with Crippen LogP contribution >= 0.6 is 22.6 Å². The summed E-state index contributed by atoms with van der Waals surface area (Å²) in [6.07, 6.45) is 0. The monoisotopic (exact) mass is 369 g/mol. The molecule has 0 heterocycles. The second-order valence-corrected chi connectivity index (χ2v) is 4.76. The molecule has 0 aliphatic rings. The number of benzene rings is 2. The maximum Gasteiger partial charge on any atom is 0.344 e. The van der Waals surface area contributed by atoms with E-state index >= 15 is 0 Å². The quantitative estimate of drug-likeness (QED) is 0.273. The Morgan fingerprint density at radius 1 is 1.11 bits per heavy atom. The van der Waals surface area contributed by atoms with Crippen LogP contribution in [0.2, 0.25) is 0 Å². The van der Waals surface area contributed by atoms with E-state index in [1.165, 1.54) is 18.2 Å². The zero-order chi connectivity index (χ0) is 13.8. The van der Waals surface area contributed by atoms with Gasteiger partial charge >= 0.3 is 11.7 Å². The van der Waals surface area contributed by atoms with Crippen LogP contribution in [-0.4, -0.2) is 10.9 Å². The Morgan fingerprint density at radius 3 is 2.42 bits per heavy atom. The van der Waals surface area contributed by atoms with E-state index < -0.39 is 10.9 Å². The number of hydrogen-bond acceptors (Lipinski definition) is 4. The van der Waals surface area contributed by atoms with Gasteiger partial charge in [0.1, 0.15) is 0 Å². The summed E-state index contributed by atoms with van der Waals surface area (Å²) < 4.78 is 5.81. The Balaban J connectivity index is 2.30. The molecule has 2 aromatic carbocycles. The third kappa shape index (κ3) is 3.08. The highest BCUT2D eigenvalue weighted by molar-refractivity contribution is 14.1. The summed E-state index contributed by atoms with van der Waals surface area (Å²) in [5.74, 6) is -0.670. The third-order valence-electron chi connectivity index (χ3n) is 2.36. The average molecular weight is 369 g/mol. The fourth-order valence-electron chi connectivity index (χ4n) is 1.48. The number of carbonyl (C=O) groups excluding carboxylic acids is 1. The number of carbonyl (C=O) groups is 1. The fraction of sp³-hybridized carbons (Fsp3) is 0. The van der Waals surface area contributed by atoms with Crippen LogP contribution in [0.15, 0.2) is 48.5 Å². The maximum atomic E-state index is 12.0. The molecule has 2 aromatic rings. The second-order valence-electron chi connectivity index (χ2n) is 3.59. The number of nitrogens with zero attached hydrogens (tertiary/aromatic N) is 1. The van der Waals surface area contributed by atoms with Gasteiger partial charge in [0.2, 0.25) is 5.75 Å². The molecule has 0 fully saturated rings. The lowest BCUT2D eigenvalue weighted by Gasteiger charge is -2.06. The van der Waals surface area contributed by atoms with Gasteiger partial charge in [-0.2, -0.15) is 0 Å². The van der Waals surface area contributed by atoms with Crippen molar-refractivity contribution in [2.75, 3.05) is 0 Å². The van der Waals surface area contributed by atoms with Crippen molar-refractivity contribution in [2.45, 2.75) is 0 Å². The van der Waals surface area contributed by atoms with E-state index in [0.717, 1.165) is 3.57 Å². The number of rotatable bonds is 3. The largest absolute Gasteiger partial charge is 0.416 e. The average Bonchev–Trinajstić information content (AvgIpc) is 2.39. The van der Waals surface area contributed by atoms with E-state index in [2.05, 4.69) is 0 Å². The molecule has 0 saturated heterocycles. The van der Waals surface area contributed by atoms with E-state index in [-0.39, 0.29) is 11.4 Å². The molecule has 0 aromatic heterocycles. The number of hydrogen-bond donors (Lipinski definition) is 0. The lowest BCUT2D eigenvalue weighted by atomic mass is 10.2. The maximum absolute atomic E-state index is 12.0. The molecule has 0 atom stereocenters. The first-order valence-corrected chi connectivity index (χ1v) is 6.37. The summed E-state index contributed by atoms with van der Waals surface area (Å²) in [5, 5.41) is 10.8. The topological polar surface area (TPSA) is 69.4 Å². The number of para-hydroxylation sites is 2. The first kappa shape index (κ1) is 13.5. The minimum absolute atomic E-state index is 0.0582. The van der Waals surface area contributed by atoms with Crippen LogP contribution in [0.1, 0.15) is 10.4 Å². The predicted molar refractivity (Wildman–Crippen MR) is 77.2 cm³/mol. The van der Waals surface area contributed by atoms with Gasteiger partial charge in [-0.25, -0.2) is 4.79 Å². The smallest absolute Gasteiger partial charge is 0.344 e. The summed E-state index contributed by atoms with van der Waals surface area (Å²) in [6, 6.07) is 12.6. The van der Waals surface area contributed by atoms with Crippen molar-refractivity contribution < 1.29 is 14.5 Å². The summed E-state index contributed by atoms with van der Waals surface area (Å²) in [5.41, 5.74) is 0.142. The van der Waals surface area contributed by atoms with Gasteiger partial charge in [0, 0.05) is 9.64 Å². The molecular formula is C13H8INO4. The fourth-order valence-corrected chi connectivity index (χ4v) is 2.08. The summed E-state index contributed by atoms with van der Waals surface area (Å²) in [6.45, 7) is 0. The van der Waals surface area contributed by atoms with Crippen LogP contribution in [0.5, 0.6) is 5.75 Å². The molecule has 19 heavy (non-hydrogen) atoms. The predicted octanol–water partition coefficient (Wildman–Crippen LogP) is 3.42. The number of nitro groups is 1. The van der Waals surface area contributed by atoms with Gasteiger partial charge in [0.25, 0.3) is 0 Å². The Labute approximate surface area is 122 Å². The summed E-state index contributed by atoms with van der Waals surface area (Å²) in [4.78, 5) is 22.2. The van der Waals surface area contributed by atoms with Crippen molar-refractivity contribution in [3.05, 3.63) is 67.8 Å². The van der Waals surface area contributed by atoms with Crippen molar-refractivity contribution in [2.24, 2.45) is 0 Å². The van der Waals surface area contributed by atoms with Crippen LogP contribution in [0.3, 0.4) is 0 Å². The van der Waals surface area contributed by atoms with Crippen molar-refractivity contribution in [1.82, 2.24) is 0 Å². The highest BCUT2D eigenvalue weighted by Crippen LogP contribution is 2.27. The molecule has 5 nitrogen and oxygen atoms in total. The molecule has 0 aliphatic heterocycles. The van der Waals surface area contributed by atoms with Crippen LogP contribution in [-0.2, 0) is 0 Å². The second kappa shape index (κ2) is 5.79. The van der Waals surface area contributed by atoms with Crippen LogP contribution in [0.25, 0.3) is 0 Å². The Kier molecular flexibility index (Phi) is 4.10. The van der Waals surface area contributed by atoms with Gasteiger partial charge in [0.15, 0.2) is 0 Å². The number of ether oxygens (including phenoxy) is 1. The molecule has 6 heteroatoms. The van der Waals surface area contributed by atoms with Crippen molar-refractivity contribution in [1.29, 1.82) is 0 Å². The minimum atomic E-state index is -0.612. The molecule has 0 spiro atoms. The van der Waals surface area contributed by atoms with Gasteiger partial charge in [-0.3, -0.25) is 10.1 Å². The molecule has 0 saturated carbocycles. The standard InChI is InChI=1S/C13H8INO4/c14-10-6-2-1-5-9(10)13(16)19-12-8-4-3-7-11(12)15(17)18/h1-8H. The highest BCUT2D eigenvalue weighted by Gasteiger charge is 2.19. The third-order valence-corrected chi connectivity index (χ3v) is 3.30. The molecule has 0 unspecified atom stereocenters. The van der Waals surface area contributed by atoms with Crippen LogP contribution in [0.4, 0.5) is 5.69 Å². The SMILES string of the molecule is O=C(Oc1ccccc1[N+](=O)[O-])c1ccccc1I. The molecule has 96 valence electrons. The zero-order valence-corrected chi connectivity index (χ0v) is 11.7. The van der Waals surface area contributed by atoms with E-state index in [4.69, 9.17) is 4.74 Å². The van der Waals surface area contributed by atoms with Gasteiger partial charge < -0.3 is 4.74 Å². The highest BCUT2D eigenvalue weighted by atomic mass is 127. The van der Waals surface area contributed by atoms with E-state index in [0.29, 0.717) is 5.56 Å². The van der Waals surface area contributed by atoms with Crippen molar-refractivity contribution in [3.63, 3.8) is 0 Å². The Bertz CT molecular complexity index is 642. The van der Waals surface area contributed by atoms with Crippen molar-refractivity contribution in [3.8, 4) is 5.75 Å². The Hall–Kier alpha value is -1.96. The van der Waals surface area contributed by atoms with Gasteiger partial charge in [-0.15, -0.1) is 0 Å². The lowest BCUT2D eigenvalue weighted by molar-refractivity contribution is -0.385. The number of esters is 1. The summed E-state index contributed by atoms with van der Waals surface area (Å²) in [7, 11) is 0. The molecule has 2 rings (SSSR count). The van der Waals surface area contributed by atoms with E-state index in [1.54, 1.807) is 30.3 Å². The molecular weight excluding hydrogens is 361 g/mol. The lowest BCUT2D eigenvalue weighted by Crippen LogP contribution is -2.11. The van der Waals surface area contributed by atoms with Crippen LogP contribution < -0.4 is 4.74 Å². The van der Waals surface area contributed by atoms with Crippen molar-refractivity contribution >= 4 is 34.2 Å². The molecule has 0 amide bonds.